The Morgan fingerprint density at radius 3 is 2.58 bits per heavy atom. The maximum Gasteiger partial charge on any atom is 0.244 e. The van der Waals surface area contributed by atoms with Gasteiger partial charge in [0.05, 0.1) is 6.54 Å². The number of hydrogen-bond acceptors (Lipinski definition) is 3. The molecule has 0 bridgehead atoms. The summed E-state index contributed by atoms with van der Waals surface area (Å²) in [7, 11) is 1.71. The fourth-order valence-corrected chi connectivity index (χ4v) is 2.13. The van der Waals surface area contributed by atoms with E-state index in [-0.39, 0.29) is 5.91 Å². The zero-order chi connectivity index (χ0) is 13.8. The summed E-state index contributed by atoms with van der Waals surface area (Å²) in [5.41, 5.74) is 6.77. The first-order valence-electron chi connectivity index (χ1n) is 5.87. The van der Waals surface area contributed by atoms with Crippen LogP contribution in [0.1, 0.15) is 17.4 Å². The summed E-state index contributed by atoms with van der Waals surface area (Å²) in [6.07, 6.45) is 0. The Bertz CT molecular complexity index is 554. The maximum absolute atomic E-state index is 12.2. The minimum absolute atomic E-state index is 0.140. The van der Waals surface area contributed by atoms with Gasteiger partial charge in [-0.25, -0.2) is 0 Å². The van der Waals surface area contributed by atoms with Crippen molar-refractivity contribution in [1.29, 1.82) is 0 Å². The summed E-state index contributed by atoms with van der Waals surface area (Å²) in [6.45, 7) is 0.394. The van der Waals surface area contributed by atoms with Gasteiger partial charge in [0.1, 0.15) is 11.8 Å². The molecule has 0 radical (unpaired) electrons. The second kappa shape index (κ2) is 6.04. The Hall–Kier alpha value is -1.59. The van der Waals surface area contributed by atoms with E-state index in [0.29, 0.717) is 17.0 Å². The van der Waals surface area contributed by atoms with Crippen molar-refractivity contribution >= 4 is 21.8 Å². The predicted octanol–water partition coefficient (Wildman–Crippen LogP) is 2.70. The fraction of sp³-hybridized carbons (Fsp3) is 0.214. The van der Waals surface area contributed by atoms with E-state index in [1.54, 1.807) is 18.0 Å². The van der Waals surface area contributed by atoms with E-state index < -0.39 is 6.04 Å². The van der Waals surface area contributed by atoms with Gasteiger partial charge in [-0.1, -0.05) is 30.3 Å². The molecule has 1 aromatic heterocycles. The summed E-state index contributed by atoms with van der Waals surface area (Å²) in [4.78, 5) is 13.8. The van der Waals surface area contributed by atoms with Gasteiger partial charge < -0.3 is 15.1 Å². The molecule has 2 N–H and O–H groups in total. The van der Waals surface area contributed by atoms with E-state index in [4.69, 9.17) is 10.2 Å². The third-order valence-corrected chi connectivity index (χ3v) is 3.25. The summed E-state index contributed by atoms with van der Waals surface area (Å²) >= 11 is 3.23. The lowest BCUT2D eigenvalue weighted by molar-refractivity contribution is -0.132. The van der Waals surface area contributed by atoms with Crippen LogP contribution in [-0.2, 0) is 11.3 Å². The molecule has 0 fully saturated rings. The molecule has 100 valence electrons. The normalized spacial score (nSPS) is 12.2. The van der Waals surface area contributed by atoms with Crippen LogP contribution in [0.25, 0.3) is 0 Å². The van der Waals surface area contributed by atoms with Crippen molar-refractivity contribution in [2.75, 3.05) is 7.05 Å². The number of halogens is 1. The molecule has 0 saturated heterocycles. The molecule has 0 spiro atoms. The van der Waals surface area contributed by atoms with Crippen molar-refractivity contribution in [3.63, 3.8) is 0 Å². The standard InChI is InChI=1S/C14H15BrN2O2/c1-17(9-11-7-8-12(15)19-11)14(18)13(16)10-5-3-2-4-6-10/h2-8,13H,9,16H2,1H3/t13-/m1/s1. The van der Waals surface area contributed by atoms with Crippen LogP contribution in [0.4, 0.5) is 0 Å². The third-order valence-electron chi connectivity index (χ3n) is 2.82. The Morgan fingerprint density at radius 1 is 1.32 bits per heavy atom. The number of likely N-dealkylation sites (N-methyl/N-ethyl adjacent to an activating group) is 1. The van der Waals surface area contributed by atoms with Crippen LogP contribution < -0.4 is 5.73 Å². The number of hydrogen-bond donors (Lipinski definition) is 1. The summed E-state index contributed by atoms with van der Waals surface area (Å²) < 4.78 is 6.02. The first-order chi connectivity index (χ1) is 9.08. The minimum Gasteiger partial charge on any atom is -0.452 e. The lowest BCUT2D eigenvalue weighted by Gasteiger charge is -2.20. The van der Waals surface area contributed by atoms with Crippen molar-refractivity contribution < 1.29 is 9.21 Å². The summed E-state index contributed by atoms with van der Waals surface area (Å²) in [5, 5.41) is 0. The van der Waals surface area contributed by atoms with Gasteiger partial charge in [-0.05, 0) is 33.6 Å². The van der Waals surface area contributed by atoms with Gasteiger partial charge in [-0.3, -0.25) is 4.79 Å². The highest BCUT2D eigenvalue weighted by atomic mass is 79.9. The van der Waals surface area contributed by atoms with Gasteiger partial charge in [0.25, 0.3) is 0 Å². The molecule has 1 atom stereocenters. The molecule has 0 aliphatic heterocycles. The number of carbonyl (C=O) groups is 1. The monoisotopic (exact) mass is 322 g/mol. The molecule has 19 heavy (non-hydrogen) atoms. The van der Waals surface area contributed by atoms with Gasteiger partial charge in [-0.15, -0.1) is 0 Å². The van der Waals surface area contributed by atoms with Crippen LogP contribution in [0.3, 0.4) is 0 Å². The molecule has 1 amide bonds. The highest BCUT2D eigenvalue weighted by Crippen LogP contribution is 2.17. The molecule has 0 saturated carbocycles. The van der Waals surface area contributed by atoms with Gasteiger partial charge in [0.2, 0.25) is 5.91 Å². The SMILES string of the molecule is CN(Cc1ccc(Br)o1)C(=O)[C@H](N)c1ccccc1. The summed E-state index contributed by atoms with van der Waals surface area (Å²) in [5.74, 6) is 0.571. The zero-order valence-electron chi connectivity index (χ0n) is 10.5. The molecular formula is C14H15BrN2O2. The molecule has 5 heteroatoms. The number of carbonyl (C=O) groups excluding carboxylic acids is 1. The van der Waals surface area contributed by atoms with Crippen LogP contribution in [0, 0.1) is 0 Å². The lowest BCUT2D eigenvalue weighted by Crippen LogP contribution is -2.35. The first kappa shape index (κ1) is 13.8. The van der Waals surface area contributed by atoms with Crippen LogP contribution >= 0.6 is 15.9 Å². The highest BCUT2D eigenvalue weighted by Gasteiger charge is 2.20. The van der Waals surface area contributed by atoms with Crippen molar-refractivity contribution in [3.8, 4) is 0 Å². The van der Waals surface area contributed by atoms with E-state index in [1.807, 2.05) is 36.4 Å². The van der Waals surface area contributed by atoms with E-state index in [1.165, 1.54) is 0 Å². The first-order valence-corrected chi connectivity index (χ1v) is 6.67. The second-order valence-corrected chi connectivity index (χ2v) is 5.07. The molecule has 4 nitrogen and oxygen atoms in total. The van der Waals surface area contributed by atoms with Crippen LogP contribution in [0.2, 0.25) is 0 Å². The Labute approximate surface area is 120 Å². The van der Waals surface area contributed by atoms with E-state index in [2.05, 4.69) is 15.9 Å². The number of furan rings is 1. The van der Waals surface area contributed by atoms with Crippen molar-refractivity contribution in [2.45, 2.75) is 12.6 Å². The van der Waals surface area contributed by atoms with E-state index >= 15 is 0 Å². The molecule has 2 aromatic rings. The topological polar surface area (TPSA) is 59.5 Å². The average molecular weight is 323 g/mol. The second-order valence-electron chi connectivity index (χ2n) is 4.29. The van der Waals surface area contributed by atoms with Crippen molar-refractivity contribution in [1.82, 2.24) is 4.90 Å². The predicted molar refractivity (Wildman–Crippen MR) is 76.3 cm³/mol. The van der Waals surface area contributed by atoms with Crippen molar-refractivity contribution in [3.05, 3.63) is 58.5 Å². The fourth-order valence-electron chi connectivity index (χ4n) is 1.79. The van der Waals surface area contributed by atoms with Gasteiger partial charge in [-0.2, -0.15) is 0 Å². The van der Waals surface area contributed by atoms with Crippen LogP contribution in [0.5, 0.6) is 0 Å². The Morgan fingerprint density at radius 2 is 2.00 bits per heavy atom. The van der Waals surface area contributed by atoms with Gasteiger partial charge in [0, 0.05) is 7.05 Å². The van der Waals surface area contributed by atoms with Gasteiger partial charge in [0.15, 0.2) is 4.67 Å². The third kappa shape index (κ3) is 3.45. The lowest BCUT2D eigenvalue weighted by atomic mass is 10.1. The number of rotatable bonds is 4. The highest BCUT2D eigenvalue weighted by molar-refractivity contribution is 9.10. The molecule has 0 aliphatic carbocycles. The van der Waals surface area contributed by atoms with Gasteiger partial charge >= 0.3 is 0 Å². The van der Waals surface area contributed by atoms with Crippen LogP contribution in [0.15, 0.2) is 51.6 Å². The average Bonchev–Trinajstić information content (AvgIpc) is 2.83. The molecule has 1 aromatic carbocycles. The van der Waals surface area contributed by atoms with E-state index in [0.717, 1.165) is 5.56 Å². The quantitative estimate of drug-likeness (QED) is 0.941. The number of nitrogens with zero attached hydrogens (tertiary/aromatic N) is 1. The Kier molecular flexibility index (Phi) is 4.39. The molecule has 0 aliphatic rings. The molecule has 0 unspecified atom stereocenters. The number of nitrogens with two attached hydrogens (primary N) is 1. The number of amides is 1. The summed E-state index contributed by atoms with van der Waals surface area (Å²) in [6, 6.07) is 12.3. The maximum atomic E-state index is 12.2. The zero-order valence-corrected chi connectivity index (χ0v) is 12.1. The molecule has 1 heterocycles. The smallest absolute Gasteiger partial charge is 0.244 e. The van der Waals surface area contributed by atoms with Crippen LogP contribution in [-0.4, -0.2) is 17.9 Å². The number of benzene rings is 1. The Balaban J connectivity index is 2.03. The van der Waals surface area contributed by atoms with E-state index in [9.17, 15) is 4.79 Å². The van der Waals surface area contributed by atoms with Crippen molar-refractivity contribution in [2.24, 2.45) is 5.73 Å². The minimum atomic E-state index is -0.649. The molecular weight excluding hydrogens is 308 g/mol. The largest absolute Gasteiger partial charge is 0.452 e. The molecule has 2 rings (SSSR count).